The molecule has 6 heteroatoms. The summed E-state index contributed by atoms with van der Waals surface area (Å²) in [7, 11) is 1.48. The van der Waals surface area contributed by atoms with Crippen LogP contribution in [-0.2, 0) is 11.2 Å². The third-order valence-corrected chi connectivity index (χ3v) is 5.41. The van der Waals surface area contributed by atoms with Gasteiger partial charge in [-0.05, 0) is 47.9 Å². The number of carbonyl (C=O) groups excluding carboxylic acids is 3. The van der Waals surface area contributed by atoms with Gasteiger partial charge in [-0.3, -0.25) is 14.4 Å². The van der Waals surface area contributed by atoms with Crippen LogP contribution in [0.1, 0.15) is 38.8 Å². The molecule has 0 atom stereocenters. The number of Topliss-reactive ketones (excluding diaryl/α,β-unsaturated/α-hetero) is 2. The monoisotopic (exact) mass is 441 g/mol. The van der Waals surface area contributed by atoms with Crippen LogP contribution in [0.25, 0.3) is 6.08 Å². The van der Waals surface area contributed by atoms with Crippen LogP contribution in [0.4, 0.5) is 5.69 Å². The highest BCUT2D eigenvalue weighted by Gasteiger charge is 2.32. The molecule has 0 radical (unpaired) electrons. The number of benzene rings is 3. The largest absolute Gasteiger partial charge is 0.493 e. The first-order chi connectivity index (χ1) is 16.0. The highest BCUT2D eigenvalue weighted by molar-refractivity contribution is 6.41. The maximum atomic E-state index is 12.6. The van der Waals surface area contributed by atoms with Crippen molar-refractivity contribution >= 4 is 29.2 Å². The van der Waals surface area contributed by atoms with Crippen molar-refractivity contribution in [1.82, 2.24) is 0 Å². The van der Waals surface area contributed by atoms with E-state index < -0.39 is 0 Å². The van der Waals surface area contributed by atoms with Crippen molar-refractivity contribution in [2.75, 3.05) is 19.0 Å². The maximum absolute atomic E-state index is 12.6. The van der Waals surface area contributed by atoms with Crippen LogP contribution in [0, 0.1) is 0 Å². The van der Waals surface area contributed by atoms with Crippen LogP contribution in [0.5, 0.6) is 11.5 Å². The molecule has 0 bridgehead atoms. The van der Waals surface area contributed by atoms with E-state index in [1.165, 1.54) is 12.7 Å². The second-order valence-corrected chi connectivity index (χ2v) is 7.56. The Labute approximate surface area is 191 Å². The zero-order valence-electron chi connectivity index (χ0n) is 18.4. The zero-order chi connectivity index (χ0) is 23.4. The fraction of sp³-hybridized carbons (Fsp3) is 0.148. The first-order valence-corrected chi connectivity index (χ1v) is 10.6. The second kappa shape index (κ2) is 9.53. The molecule has 0 fully saturated rings. The molecule has 0 saturated carbocycles. The van der Waals surface area contributed by atoms with Gasteiger partial charge in [-0.25, -0.2) is 0 Å². The minimum absolute atomic E-state index is 0.111. The molecule has 1 N–H and O–H groups in total. The number of methoxy groups -OCH3 is 1. The predicted octanol–water partition coefficient (Wildman–Crippen LogP) is 4.74. The lowest BCUT2D eigenvalue weighted by molar-refractivity contribution is -0.118. The third kappa shape index (κ3) is 4.70. The maximum Gasteiger partial charge on any atom is 0.262 e. The van der Waals surface area contributed by atoms with Gasteiger partial charge in [-0.2, -0.15) is 0 Å². The van der Waals surface area contributed by atoms with Crippen LogP contribution in [0.15, 0.2) is 72.3 Å². The predicted molar refractivity (Wildman–Crippen MR) is 126 cm³/mol. The number of fused-ring (bicyclic) bond motifs is 1. The van der Waals surface area contributed by atoms with Crippen molar-refractivity contribution in [3.8, 4) is 11.5 Å². The van der Waals surface area contributed by atoms with Gasteiger partial charge in [0.25, 0.3) is 5.91 Å². The fourth-order valence-electron chi connectivity index (χ4n) is 3.63. The van der Waals surface area contributed by atoms with E-state index in [1.54, 1.807) is 48.5 Å². The summed E-state index contributed by atoms with van der Waals surface area (Å²) in [5.74, 6) is -0.118. The van der Waals surface area contributed by atoms with Gasteiger partial charge < -0.3 is 14.8 Å². The minimum atomic E-state index is -0.299. The smallest absolute Gasteiger partial charge is 0.262 e. The van der Waals surface area contributed by atoms with E-state index in [1.807, 2.05) is 24.3 Å². The number of carbonyl (C=O) groups is 3. The Morgan fingerprint density at radius 3 is 2.18 bits per heavy atom. The normalized spacial score (nSPS) is 12.4. The second-order valence-electron chi connectivity index (χ2n) is 7.56. The first kappa shape index (κ1) is 22.0. The molecule has 3 aromatic carbocycles. The Kier molecular flexibility index (Phi) is 6.36. The Morgan fingerprint density at radius 1 is 0.909 bits per heavy atom. The average molecular weight is 441 g/mol. The molecule has 0 aromatic heterocycles. The lowest BCUT2D eigenvalue weighted by Gasteiger charge is -2.12. The molecule has 0 aliphatic heterocycles. The van der Waals surface area contributed by atoms with Crippen LogP contribution in [-0.4, -0.2) is 31.2 Å². The lowest BCUT2D eigenvalue weighted by atomic mass is 10.1. The van der Waals surface area contributed by atoms with Crippen LogP contribution < -0.4 is 14.8 Å². The minimum Gasteiger partial charge on any atom is -0.493 e. The number of anilines is 1. The zero-order valence-corrected chi connectivity index (χ0v) is 18.4. The number of rotatable bonds is 7. The topological polar surface area (TPSA) is 81.7 Å². The van der Waals surface area contributed by atoms with Gasteiger partial charge >= 0.3 is 0 Å². The van der Waals surface area contributed by atoms with Gasteiger partial charge in [0.15, 0.2) is 29.7 Å². The van der Waals surface area contributed by atoms with E-state index in [-0.39, 0.29) is 29.7 Å². The molecule has 6 nitrogen and oxygen atoms in total. The first-order valence-electron chi connectivity index (χ1n) is 10.6. The molecule has 166 valence electrons. The number of ether oxygens (including phenoxy) is 2. The number of hydrogen-bond acceptors (Lipinski definition) is 5. The van der Waals surface area contributed by atoms with Gasteiger partial charge in [0.1, 0.15) is 0 Å². The Hall–Kier alpha value is -4.19. The van der Waals surface area contributed by atoms with Gasteiger partial charge in [0, 0.05) is 16.8 Å². The molecule has 1 aliphatic rings. The number of nitrogens with one attached hydrogen (secondary N) is 1. The quantitative estimate of drug-likeness (QED) is 0.423. The van der Waals surface area contributed by atoms with E-state index in [9.17, 15) is 14.4 Å². The van der Waals surface area contributed by atoms with E-state index in [0.717, 1.165) is 6.42 Å². The molecular formula is C27H23NO5. The van der Waals surface area contributed by atoms with E-state index in [2.05, 4.69) is 12.2 Å². The molecular weight excluding hydrogens is 418 g/mol. The molecule has 0 unspecified atom stereocenters. The van der Waals surface area contributed by atoms with Crippen molar-refractivity contribution in [3.63, 3.8) is 0 Å². The molecule has 3 aromatic rings. The summed E-state index contributed by atoms with van der Waals surface area (Å²) in [6.45, 7) is 1.87. The number of allylic oxidation sites excluding steroid dienone is 1. The van der Waals surface area contributed by atoms with Crippen LogP contribution in [0.2, 0.25) is 0 Å². The Balaban J connectivity index is 1.45. The van der Waals surface area contributed by atoms with Crippen molar-refractivity contribution in [2.24, 2.45) is 0 Å². The lowest BCUT2D eigenvalue weighted by Crippen LogP contribution is -2.20. The molecule has 0 heterocycles. The third-order valence-electron chi connectivity index (χ3n) is 5.41. The number of amides is 1. The van der Waals surface area contributed by atoms with Gasteiger partial charge in [0.2, 0.25) is 0 Å². The average Bonchev–Trinajstić information content (AvgIpc) is 3.08. The molecule has 0 saturated heterocycles. The molecule has 33 heavy (non-hydrogen) atoms. The van der Waals surface area contributed by atoms with Crippen molar-refractivity contribution in [1.29, 1.82) is 0 Å². The standard InChI is InChI=1S/C27H23NO5/c1-3-17-8-11-19(12-9-17)28-25(29)16-33-23-13-10-18(15-24(23)32-2)14-22-26(30)20-6-4-5-7-21(20)27(22)31/h4-15H,3,16H2,1-2H3,(H,28,29). The summed E-state index contributed by atoms with van der Waals surface area (Å²) >= 11 is 0. The van der Waals surface area contributed by atoms with Gasteiger partial charge in [-0.15, -0.1) is 0 Å². The fourth-order valence-corrected chi connectivity index (χ4v) is 3.63. The van der Waals surface area contributed by atoms with Crippen LogP contribution in [0.3, 0.4) is 0 Å². The van der Waals surface area contributed by atoms with Gasteiger partial charge in [0.05, 0.1) is 12.7 Å². The number of hydrogen-bond donors (Lipinski definition) is 1. The van der Waals surface area contributed by atoms with Crippen molar-refractivity contribution < 1.29 is 23.9 Å². The molecule has 4 rings (SSSR count). The highest BCUT2D eigenvalue weighted by atomic mass is 16.5. The van der Waals surface area contributed by atoms with E-state index >= 15 is 0 Å². The van der Waals surface area contributed by atoms with Gasteiger partial charge in [-0.1, -0.05) is 49.4 Å². The van der Waals surface area contributed by atoms with E-state index in [0.29, 0.717) is 33.9 Å². The summed E-state index contributed by atoms with van der Waals surface area (Å²) < 4.78 is 11.0. The Morgan fingerprint density at radius 2 is 1.58 bits per heavy atom. The summed E-state index contributed by atoms with van der Waals surface area (Å²) in [5.41, 5.74) is 3.44. The van der Waals surface area contributed by atoms with Crippen LogP contribution >= 0.6 is 0 Å². The summed E-state index contributed by atoms with van der Waals surface area (Å²) in [6.07, 6.45) is 2.47. The molecule has 1 aliphatic carbocycles. The molecule has 0 spiro atoms. The summed E-state index contributed by atoms with van der Waals surface area (Å²) in [6, 6.07) is 19.4. The van der Waals surface area contributed by atoms with Crippen molar-refractivity contribution in [2.45, 2.75) is 13.3 Å². The number of aryl methyl sites for hydroxylation is 1. The Bertz CT molecular complexity index is 1220. The van der Waals surface area contributed by atoms with E-state index in [4.69, 9.17) is 9.47 Å². The highest BCUT2D eigenvalue weighted by Crippen LogP contribution is 2.32. The number of ketones is 2. The summed E-state index contributed by atoms with van der Waals surface area (Å²) in [5, 5.41) is 2.79. The van der Waals surface area contributed by atoms with Crippen molar-refractivity contribution in [3.05, 3.63) is 94.6 Å². The SMILES string of the molecule is CCc1ccc(NC(=O)COc2ccc(C=C3C(=O)c4ccccc4C3=O)cc2OC)cc1. The summed E-state index contributed by atoms with van der Waals surface area (Å²) in [4.78, 5) is 37.5. The molecule has 1 amide bonds.